The summed E-state index contributed by atoms with van der Waals surface area (Å²) in [6, 6.07) is 9.82. The molecule has 0 saturated carbocycles. The monoisotopic (exact) mass is 336 g/mol. The van der Waals surface area contributed by atoms with Gasteiger partial charge in [-0.1, -0.05) is 12.1 Å². The van der Waals surface area contributed by atoms with Gasteiger partial charge in [0, 0.05) is 11.4 Å². The van der Waals surface area contributed by atoms with Gasteiger partial charge in [0.1, 0.15) is 10.3 Å². The maximum Gasteiger partial charge on any atom is 0.273 e. The van der Waals surface area contributed by atoms with Crippen molar-refractivity contribution in [2.24, 2.45) is 0 Å². The molecule has 1 aliphatic heterocycles. The van der Waals surface area contributed by atoms with Crippen LogP contribution < -0.4 is 0 Å². The van der Waals surface area contributed by atoms with Crippen molar-refractivity contribution >= 4 is 33.2 Å². The number of carbonyl (C=O) groups excluding carboxylic acids is 1. The van der Waals surface area contributed by atoms with E-state index in [0.717, 1.165) is 19.4 Å². The van der Waals surface area contributed by atoms with Crippen molar-refractivity contribution in [2.45, 2.75) is 18.9 Å². The molecule has 1 fully saturated rings. The molecule has 0 radical (unpaired) electrons. The van der Waals surface area contributed by atoms with Crippen molar-refractivity contribution in [2.75, 3.05) is 6.54 Å². The number of pyridine rings is 1. The van der Waals surface area contributed by atoms with Crippen LogP contribution in [-0.2, 0) is 0 Å². The van der Waals surface area contributed by atoms with Gasteiger partial charge in [-0.15, -0.1) is 11.3 Å². The van der Waals surface area contributed by atoms with Crippen molar-refractivity contribution in [3.63, 3.8) is 0 Å². The predicted molar refractivity (Wildman–Crippen MR) is 79.3 cm³/mol. The topological polar surface area (TPSA) is 33.2 Å². The molecule has 1 amide bonds. The van der Waals surface area contributed by atoms with E-state index in [9.17, 15) is 4.79 Å². The van der Waals surface area contributed by atoms with Gasteiger partial charge in [-0.25, -0.2) is 4.98 Å². The minimum absolute atomic E-state index is 0.0252. The predicted octanol–water partition coefficient (Wildman–Crippen LogP) is 3.88. The fraction of sp³-hybridized carbons (Fsp3) is 0.286. The fourth-order valence-corrected chi connectivity index (χ4v) is 3.68. The molecule has 2 aromatic rings. The Labute approximate surface area is 124 Å². The van der Waals surface area contributed by atoms with Crippen molar-refractivity contribution in [1.29, 1.82) is 0 Å². The van der Waals surface area contributed by atoms with Gasteiger partial charge >= 0.3 is 0 Å². The molecule has 0 spiro atoms. The molecule has 0 aliphatic carbocycles. The summed E-state index contributed by atoms with van der Waals surface area (Å²) in [4.78, 5) is 20.0. The van der Waals surface area contributed by atoms with Crippen LogP contribution in [0.2, 0.25) is 0 Å². The van der Waals surface area contributed by atoms with Gasteiger partial charge in [0.2, 0.25) is 0 Å². The summed E-state index contributed by atoms with van der Waals surface area (Å²) in [5, 5.41) is 2.06. The maximum absolute atomic E-state index is 12.6. The van der Waals surface area contributed by atoms with Crippen LogP contribution >= 0.6 is 27.3 Å². The lowest BCUT2D eigenvalue weighted by Crippen LogP contribution is -2.30. The second-order valence-corrected chi connectivity index (χ2v) is 6.31. The smallest absolute Gasteiger partial charge is 0.273 e. The molecule has 0 bridgehead atoms. The quantitative estimate of drug-likeness (QED) is 0.779. The summed E-state index contributed by atoms with van der Waals surface area (Å²) in [6.07, 6.45) is 2.10. The minimum atomic E-state index is 0.0252. The normalized spacial score (nSPS) is 18.8. The molecule has 0 N–H and O–H groups in total. The Morgan fingerprint density at radius 3 is 3.00 bits per heavy atom. The lowest BCUT2D eigenvalue weighted by Gasteiger charge is -2.23. The van der Waals surface area contributed by atoms with Crippen LogP contribution in [0.4, 0.5) is 0 Å². The fourth-order valence-electron chi connectivity index (χ4n) is 2.46. The van der Waals surface area contributed by atoms with E-state index in [1.165, 1.54) is 4.88 Å². The largest absolute Gasteiger partial charge is 0.329 e. The first-order valence-electron chi connectivity index (χ1n) is 6.22. The minimum Gasteiger partial charge on any atom is -0.329 e. The molecular weight excluding hydrogens is 324 g/mol. The van der Waals surface area contributed by atoms with Gasteiger partial charge in [-0.2, -0.15) is 0 Å². The number of nitrogens with zero attached hydrogens (tertiary/aromatic N) is 2. The number of hydrogen-bond acceptors (Lipinski definition) is 3. The molecule has 3 rings (SSSR count). The van der Waals surface area contributed by atoms with Crippen molar-refractivity contribution in [3.8, 4) is 0 Å². The number of thiophene rings is 1. The molecule has 0 aromatic carbocycles. The van der Waals surface area contributed by atoms with Crippen molar-refractivity contribution < 1.29 is 4.79 Å². The van der Waals surface area contributed by atoms with Gasteiger partial charge in [0.05, 0.1) is 6.04 Å². The number of likely N-dealkylation sites (tertiary alicyclic amines) is 1. The van der Waals surface area contributed by atoms with Gasteiger partial charge in [0.25, 0.3) is 5.91 Å². The number of aromatic nitrogens is 1. The number of amides is 1. The Hall–Kier alpha value is -1.20. The lowest BCUT2D eigenvalue weighted by molar-refractivity contribution is 0.0731. The van der Waals surface area contributed by atoms with Crippen molar-refractivity contribution in [1.82, 2.24) is 9.88 Å². The third-order valence-corrected chi connectivity index (χ3v) is 4.73. The summed E-state index contributed by atoms with van der Waals surface area (Å²) in [7, 11) is 0. The highest BCUT2D eigenvalue weighted by Crippen LogP contribution is 2.35. The number of halogens is 1. The number of carbonyl (C=O) groups is 1. The highest BCUT2D eigenvalue weighted by molar-refractivity contribution is 9.10. The Kier molecular flexibility index (Phi) is 3.66. The molecule has 1 unspecified atom stereocenters. The number of rotatable bonds is 2. The van der Waals surface area contributed by atoms with Crippen LogP contribution in [0.25, 0.3) is 0 Å². The van der Waals surface area contributed by atoms with E-state index in [0.29, 0.717) is 10.3 Å². The molecule has 3 nitrogen and oxygen atoms in total. The third-order valence-electron chi connectivity index (χ3n) is 3.32. The summed E-state index contributed by atoms with van der Waals surface area (Å²) >= 11 is 5.03. The first kappa shape index (κ1) is 12.8. The second-order valence-electron chi connectivity index (χ2n) is 4.52. The van der Waals surface area contributed by atoms with Crippen LogP contribution in [0.3, 0.4) is 0 Å². The summed E-state index contributed by atoms with van der Waals surface area (Å²) < 4.78 is 0.699. The molecule has 98 valence electrons. The zero-order valence-electron chi connectivity index (χ0n) is 10.3. The molecule has 1 saturated heterocycles. The van der Waals surface area contributed by atoms with Crippen LogP contribution in [0.1, 0.15) is 34.2 Å². The van der Waals surface area contributed by atoms with Gasteiger partial charge in [-0.3, -0.25) is 4.79 Å². The molecule has 19 heavy (non-hydrogen) atoms. The van der Waals surface area contributed by atoms with Gasteiger partial charge in [0.15, 0.2) is 0 Å². The molecule has 1 aliphatic rings. The highest BCUT2D eigenvalue weighted by atomic mass is 79.9. The van der Waals surface area contributed by atoms with Crippen molar-refractivity contribution in [3.05, 3.63) is 50.9 Å². The van der Waals surface area contributed by atoms with Gasteiger partial charge in [-0.05, 0) is 52.4 Å². The molecular formula is C14H13BrN2OS. The second kappa shape index (κ2) is 5.43. The van der Waals surface area contributed by atoms with Crippen LogP contribution in [0.5, 0.6) is 0 Å². The van der Waals surface area contributed by atoms with E-state index in [-0.39, 0.29) is 11.9 Å². The summed E-state index contributed by atoms with van der Waals surface area (Å²) in [5.74, 6) is 0.0252. The van der Waals surface area contributed by atoms with E-state index >= 15 is 0 Å². The third kappa shape index (κ3) is 2.58. The van der Waals surface area contributed by atoms with Crippen LogP contribution in [0.15, 0.2) is 40.3 Å². The van der Waals surface area contributed by atoms with E-state index < -0.39 is 0 Å². The standard InChI is InChI=1S/C14H13BrN2OS/c15-13-7-1-4-10(16-13)14(18)17-8-2-5-11(17)12-6-3-9-19-12/h1,3-4,6-7,9,11H,2,5,8H2. The summed E-state index contributed by atoms with van der Waals surface area (Å²) in [6.45, 7) is 0.815. The molecule has 3 heterocycles. The summed E-state index contributed by atoms with van der Waals surface area (Å²) in [5.41, 5.74) is 0.512. The average Bonchev–Trinajstić information content (AvgIpc) is 3.08. The number of hydrogen-bond donors (Lipinski definition) is 0. The van der Waals surface area contributed by atoms with E-state index in [1.807, 2.05) is 23.1 Å². The van der Waals surface area contributed by atoms with Crippen LogP contribution in [-0.4, -0.2) is 22.3 Å². The van der Waals surface area contributed by atoms with E-state index in [4.69, 9.17) is 0 Å². The Bertz CT molecular complexity index is 585. The molecule has 5 heteroatoms. The maximum atomic E-state index is 12.6. The Morgan fingerprint density at radius 1 is 1.37 bits per heavy atom. The molecule has 1 atom stereocenters. The Balaban J connectivity index is 1.87. The zero-order valence-corrected chi connectivity index (χ0v) is 12.7. The molecule has 2 aromatic heterocycles. The zero-order chi connectivity index (χ0) is 13.2. The highest BCUT2D eigenvalue weighted by Gasteiger charge is 2.31. The Morgan fingerprint density at radius 2 is 2.26 bits per heavy atom. The van der Waals surface area contributed by atoms with E-state index in [2.05, 4.69) is 32.4 Å². The van der Waals surface area contributed by atoms with Gasteiger partial charge < -0.3 is 4.90 Å². The SMILES string of the molecule is O=C(c1cccc(Br)n1)N1CCCC1c1cccs1. The van der Waals surface area contributed by atoms with Crippen LogP contribution in [0, 0.1) is 0 Å². The first-order valence-corrected chi connectivity index (χ1v) is 7.90. The lowest BCUT2D eigenvalue weighted by atomic mass is 10.2. The first-order chi connectivity index (χ1) is 9.25. The van der Waals surface area contributed by atoms with E-state index in [1.54, 1.807) is 17.4 Å². The average molecular weight is 337 g/mol.